The summed E-state index contributed by atoms with van der Waals surface area (Å²) in [6.45, 7) is 0.776. The maximum atomic E-state index is 4.49. The standard InChI is InChI=1S/C18H17N3/c1-2-6-16(7-3-1)18(17-8-4-5-11-20-17)21-14-15-9-12-19-13-10-15/h1-13,18,21H,14H2. The number of nitrogens with zero attached hydrogens (tertiary/aromatic N) is 2. The molecular weight excluding hydrogens is 258 g/mol. The number of hydrogen-bond acceptors (Lipinski definition) is 3. The van der Waals surface area contributed by atoms with Gasteiger partial charge in [-0.15, -0.1) is 0 Å². The fourth-order valence-electron chi connectivity index (χ4n) is 2.31. The molecule has 2 heterocycles. The fourth-order valence-corrected chi connectivity index (χ4v) is 2.31. The molecule has 0 amide bonds. The molecule has 0 aliphatic rings. The fraction of sp³-hybridized carbons (Fsp3) is 0.111. The number of nitrogens with one attached hydrogen (secondary N) is 1. The first-order chi connectivity index (χ1) is 10.4. The average Bonchev–Trinajstić information content (AvgIpc) is 2.58. The summed E-state index contributed by atoms with van der Waals surface area (Å²) in [6.07, 6.45) is 5.46. The molecule has 1 aromatic carbocycles. The van der Waals surface area contributed by atoms with Crippen molar-refractivity contribution in [2.45, 2.75) is 12.6 Å². The minimum Gasteiger partial charge on any atom is -0.301 e. The SMILES string of the molecule is c1ccc(C(NCc2ccncc2)c2ccccn2)cc1. The Morgan fingerprint density at radius 3 is 2.29 bits per heavy atom. The number of rotatable bonds is 5. The number of aromatic nitrogens is 2. The van der Waals surface area contributed by atoms with Crippen LogP contribution in [0.3, 0.4) is 0 Å². The highest BCUT2D eigenvalue weighted by atomic mass is 14.9. The van der Waals surface area contributed by atoms with Crippen LogP contribution in [-0.2, 0) is 6.54 Å². The monoisotopic (exact) mass is 275 g/mol. The zero-order valence-electron chi connectivity index (χ0n) is 11.7. The molecule has 3 heteroatoms. The topological polar surface area (TPSA) is 37.8 Å². The Balaban J connectivity index is 1.83. The van der Waals surface area contributed by atoms with E-state index in [1.165, 1.54) is 11.1 Å². The van der Waals surface area contributed by atoms with Gasteiger partial charge in [0.2, 0.25) is 0 Å². The Labute approximate surface area is 124 Å². The highest BCUT2D eigenvalue weighted by molar-refractivity contribution is 5.27. The minimum absolute atomic E-state index is 0.0839. The molecule has 0 fully saturated rings. The molecule has 0 aliphatic carbocycles. The zero-order valence-corrected chi connectivity index (χ0v) is 11.7. The van der Waals surface area contributed by atoms with Crippen molar-refractivity contribution >= 4 is 0 Å². The minimum atomic E-state index is 0.0839. The third-order valence-corrected chi connectivity index (χ3v) is 3.38. The van der Waals surface area contributed by atoms with E-state index in [2.05, 4.69) is 45.6 Å². The van der Waals surface area contributed by atoms with Crippen LogP contribution in [0.5, 0.6) is 0 Å². The Bertz CT molecular complexity index is 614. The van der Waals surface area contributed by atoms with Crippen molar-refractivity contribution in [2.75, 3.05) is 0 Å². The maximum Gasteiger partial charge on any atom is 0.0754 e. The number of hydrogen-bond donors (Lipinski definition) is 1. The molecule has 104 valence electrons. The summed E-state index contributed by atoms with van der Waals surface area (Å²) in [5.41, 5.74) is 3.45. The van der Waals surface area contributed by atoms with E-state index in [0.29, 0.717) is 0 Å². The molecule has 1 atom stereocenters. The Morgan fingerprint density at radius 2 is 1.57 bits per heavy atom. The third-order valence-electron chi connectivity index (χ3n) is 3.38. The molecule has 0 aliphatic heterocycles. The van der Waals surface area contributed by atoms with E-state index in [1.807, 2.05) is 48.9 Å². The quantitative estimate of drug-likeness (QED) is 0.776. The highest BCUT2D eigenvalue weighted by Gasteiger charge is 2.14. The number of pyridine rings is 2. The van der Waals surface area contributed by atoms with E-state index in [1.54, 1.807) is 0 Å². The molecular formula is C18H17N3. The van der Waals surface area contributed by atoms with Gasteiger partial charge in [-0.1, -0.05) is 36.4 Å². The molecule has 1 N–H and O–H groups in total. The normalized spacial score (nSPS) is 12.0. The lowest BCUT2D eigenvalue weighted by atomic mass is 10.0. The van der Waals surface area contributed by atoms with Gasteiger partial charge >= 0.3 is 0 Å². The molecule has 0 spiro atoms. The van der Waals surface area contributed by atoms with Gasteiger partial charge < -0.3 is 5.32 Å². The van der Waals surface area contributed by atoms with Gasteiger partial charge in [0.15, 0.2) is 0 Å². The van der Waals surface area contributed by atoms with Gasteiger partial charge in [0.05, 0.1) is 11.7 Å². The largest absolute Gasteiger partial charge is 0.301 e. The second kappa shape index (κ2) is 6.77. The second-order valence-electron chi connectivity index (χ2n) is 4.83. The lowest BCUT2D eigenvalue weighted by Gasteiger charge is -2.19. The van der Waals surface area contributed by atoms with Crippen LogP contribution in [0, 0.1) is 0 Å². The molecule has 3 aromatic rings. The lowest BCUT2D eigenvalue weighted by Crippen LogP contribution is -2.22. The summed E-state index contributed by atoms with van der Waals surface area (Å²) in [6, 6.07) is 20.5. The van der Waals surface area contributed by atoms with Crippen molar-refractivity contribution in [3.8, 4) is 0 Å². The summed E-state index contributed by atoms with van der Waals surface area (Å²) in [7, 11) is 0. The van der Waals surface area contributed by atoms with Crippen molar-refractivity contribution in [1.82, 2.24) is 15.3 Å². The molecule has 0 radical (unpaired) electrons. The van der Waals surface area contributed by atoms with Crippen molar-refractivity contribution in [1.29, 1.82) is 0 Å². The van der Waals surface area contributed by atoms with Gasteiger partial charge in [-0.3, -0.25) is 9.97 Å². The van der Waals surface area contributed by atoms with E-state index >= 15 is 0 Å². The Morgan fingerprint density at radius 1 is 0.810 bits per heavy atom. The first-order valence-electron chi connectivity index (χ1n) is 7.01. The van der Waals surface area contributed by atoms with Gasteiger partial charge in [0, 0.05) is 25.1 Å². The van der Waals surface area contributed by atoms with Crippen LogP contribution in [0.1, 0.15) is 22.9 Å². The number of benzene rings is 1. The van der Waals surface area contributed by atoms with Gasteiger partial charge in [0.1, 0.15) is 0 Å². The molecule has 2 aromatic heterocycles. The van der Waals surface area contributed by atoms with Crippen LogP contribution in [0.2, 0.25) is 0 Å². The van der Waals surface area contributed by atoms with Crippen LogP contribution < -0.4 is 5.32 Å². The van der Waals surface area contributed by atoms with Gasteiger partial charge in [-0.05, 0) is 35.4 Å². The van der Waals surface area contributed by atoms with E-state index in [-0.39, 0.29) is 6.04 Å². The van der Waals surface area contributed by atoms with E-state index < -0.39 is 0 Å². The van der Waals surface area contributed by atoms with Crippen LogP contribution in [0.15, 0.2) is 79.3 Å². The molecule has 3 rings (SSSR count). The van der Waals surface area contributed by atoms with Crippen molar-refractivity contribution in [2.24, 2.45) is 0 Å². The Kier molecular flexibility index (Phi) is 4.34. The van der Waals surface area contributed by atoms with Gasteiger partial charge in [0.25, 0.3) is 0 Å². The van der Waals surface area contributed by atoms with Gasteiger partial charge in [-0.25, -0.2) is 0 Å². The summed E-state index contributed by atoms with van der Waals surface area (Å²) < 4.78 is 0. The molecule has 0 saturated heterocycles. The zero-order chi connectivity index (χ0) is 14.3. The highest BCUT2D eigenvalue weighted by Crippen LogP contribution is 2.20. The van der Waals surface area contributed by atoms with Crippen LogP contribution in [0.25, 0.3) is 0 Å². The predicted molar refractivity (Wildman–Crippen MR) is 83.6 cm³/mol. The smallest absolute Gasteiger partial charge is 0.0754 e. The first-order valence-corrected chi connectivity index (χ1v) is 7.01. The Hall–Kier alpha value is -2.52. The summed E-state index contributed by atoms with van der Waals surface area (Å²) in [5.74, 6) is 0. The first kappa shape index (κ1) is 13.5. The van der Waals surface area contributed by atoms with E-state index in [9.17, 15) is 0 Å². The molecule has 0 saturated carbocycles. The maximum absolute atomic E-state index is 4.49. The van der Waals surface area contributed by atoms with Gasteiger partial charge in [-0.2, -0.15) is 0 Å². The summed E-state index contributed by atoms with van der Waals surface area (Å²) in [4.78, 5) is 8.54. The third kappa shape index (κ3) is 3.52. The van der Waals surface area contributed by atoms with Crippen molar-refractivity contribution < 1.29 is 0 Å². The molecule has 1 unspecified atom stereocenters. The summed E-state index contributed by atoms with van der Waals surface area (Å²) in [5, 5.41) is 3.58. The van der Waals surface area contributed by atoms with Crippen LogP contribution in [-0.4, -0.2) is 9.97 Å². The summed E-state index contributed by atoms with van der Waals surface area (Å²) >= 11 is 0. The van der Waals surface area contributed by atoms with E-state index in [0.717, 1.165) is 12.2 Å². The second-order valence-corrected chi connectivity index (χ2v) is 4.83. The van der Waals surface area contributed by atoms with Crippen molar-refractivity contribution in [3.05, 3.63) is 96.1 Å². The predicted octanol–water partition coefficient (Wildman–Crippen LogP) is 3.36. The van der Waals surface area contributed by atoms with Crippen LogP contribution >= 0.6 is 0 Å². The van der Waals surface area contributed by atoms with Crippen LogP contribution in [0.4, 0.5) is 0 Å². The average molecular weight is 275 g/mol. The van der Waals surface area contributed by atoms with Crippen molar-refractivity contribution in [3.63, 3.8) is 0 Å². The molecule has 0 bridgehead atoms. The lowest BCUT2D eigenvalue weighted by molar-refractivity contribution is 0.591. The molecule has 3 nitrogen and oxygen atoms in total. The van der Waals surface area contributed by atoms with E-state index in [4.69, 9.17) is 0 Å². The molecule has 21 heavy (non-hydrogen) atoms.